The Kier molecular flexibility index (Phi) is 4.34. The number of aromatic nitrogens is 3. The van der Waals surface area contributed by atoms with Crippen LogP contribution in [0.2, 0.25) is 0 Å². The zero-order valence-electron chi connectivity index (χ0n) is 12.2. The predicted octanol–water partition coefficient (Wildman–Crippen LogP) is 2.70. The molecule has 2 aromatic heterocycles. The number of nitrogens with two attached hydrogens (primary N) is 2. The highest BCUT2D eigenvalue weighted by Crippen LogP contribution is 2.29. The van der Waals surface area contributed by atoms with Crippen LogP contribution < -0.4 is 11.5 Å². The van der Waals surface area contributed by atoms with E-state index in [1.807, 2.05) is 18.2 Å². The molecule has 0 fully saturated rings. The summed E-state index contributed by atoms with van der Waals surface area (Å²) < 4.78 is 2.18. The molecule has 4 N–H and O–H groups in total. The molecular formula is C15H20ClN5. The Morgan fingerprint density at radius 1 is 1.19 bits per heavy atom. The molecule has 0 bridgehead atoms. The monoisotopic (exact) mass is 305 g/mol. The van der Waals surface area contributed by atoms with Crippen LogP contribution in [-0.4, -0.2) is 14.5 Å². The number of rotatable bonds is 3. The number of imidazole rings is 1. The lowest BCUT2D eigenvalue weighted by Gasteiger charge is -2.12. The van der Waals surface area contributed by atoms with Gasteiger partial charge in [0.05, 0.1) is 17.6 Å². The van der Waals surface area contributed by atoms with E-state index in [9.17, 15) is 0 Å². The van der Waals surface area contributed by atoms with Crippen LogP contribution in [0.1, 0.15) is 19.7 Å². The normalized spacial score (nSPS) is 11.2. The molecule has 0 spiro atoms. The number of fused-ring (bicyclic) bond motifs is 3. The SMILES string of the molecule is CC(C)Cn1c(CN)nc2c(N)nc3ccccc3c21.Cl. The van der Waals surface area contributed by atoms with Gasteiger partial charge < -0.3 is 16.0 Å². The maximum atomic E-state index is 6.06. The third-order valence-electron chi connectivity index (χ3n) is 3.42. The van der Waals surface area contributed by atoms with E-state index in [-0.39, 0.29) is 12.4 Å². The van der Waals surface area contributed by atoms with Crippen LogP contribution in [0.15, 0.2) is 24.3 Å². The average Bonchev–Trinajstić information content (AvgIpc) is 2.78. The van der Waals surface area contributed by atoms with E-state index >= 15 is 0 Å². The maximum Gasteiger partial charge on any atom is 0.152 e. The van der Waals surface area contributed by atoms with E-state index in [0.717, 1.165) is 34.3 Å². The molecule has 3 rings (SSSR count). The second-order valence-corrected chi connectivity index (χ2v) is 5.45. The highest BCUT2D eigenvalue weighted by atomic mass is 35.5. The number of para-hydroxylation sites is 1. The molecule has 0 atom stereocenters. The fraction of sp³-hybridized carbons (Fsp3) is 0.333. The number of pyridine rings is 1. The van der Waals surface area contributed by atoms with Crippen LogP contribution in [-0.2, 0) is 13.1 Å². The minimum absolute atomic E-state index is 0. The van der Waals surface area contributed by atoms with Crippen molar-refractivity contribution < 1.29 is 0 Å². The van der Waals surface area contributed by atoms with E-state index < -0.39 is 0 Å². The molecule has 6 heteroatoms. The van der Waals surface area contributed by atoms with Crippen molar-refractivity contribution in [3.8, 4) is 0 Å². The Labute approximate surface area is 129 Å². The second kappa shape index (κ2) is 5.87. The van der Waals surface area contributed by atoms with Crippen LogP contribution in [0.25, 0.3) is 21.9 Å². The van der Waals surface area contributed by atoms with E-state index in [1.165, 1.54) is 0 Å². The van der Waals surface area contributed by atoms with Gasteiger partial charge in [-0.2, -0.15) is 0 Å². The van der Waals surface area contributed by atoms with Gasteiger partial charge in [-0.1, -0.05) is 32.0 Å². The Morgan fingerprint density at radius 2 is 1.90 bits per heavy atom. The third-order valence-corrected chi connectivity index (χ3v) is 3.42. The van der Waals surface area contributed by atoms with Crippen LogP contribution in [0.4, 0.5) is 5.82 Å². The quantitative estimate of drug-likeness (QED) is 0.779. The van der Waals surface area contributed by atoms with Crippen molar-refractivity contribution in [1.29, 1.82) is 0 Å². The summed E-state index contributed by atoms with van der Waals surface area (Å²) in [7, 11) is 0. The Balaban J connectivity index is 0.00000161. The average molecular weight is 306 g/mol. The van der Waals surface area contributed by atoms with Crippen molar-refractivity contribution in [3.05, 3.63) is 30.1 Å². The minimum atomic E-state index is 0. The summed E-state index contributed by atoms with van der Waals surface area (Å²) in [5.74, 6) is 1.83. The molecule has 5 nitrogen and oxygen atoms in total. The molecule has 2 heterocycles. The van der Waals surface area contributed by atoms with Crippen molar-refractivity contribution in [2.75, 3.05) is 5.73 Å². The first kappa shape index (κ1) is 15.5. The van der Waals surface area contributed by atoms with Crippen LogP contribution >= 0.6 is 12.4 Å². The molecule has 0 aliphatic heterocycles. The fourth-order valence-electron chi connectivity index (χ4n) is 2.62. The molecule has 21 heavy (non-hydrogen) atoms. The first-order valence-electron chi connectivity index (χ1n) is 6.85. The third kappa shape index (κ3) is 2.54. The smallest absolute Gasteiger partial charge is 0.152 e. The highest BCUT2D eigenvalue weighted by Gasteiger charge is 2.16. The van der Waals surface area contributed by atoms with Gasteiger partial charge in [-0.3, -0.25) is 0 Å². The second-order valence-electron chi connectivity index (χ2n) is 5.45. The van der Waals surface area contributed by atoms with Gasteiger partial charge in [0.25, 0.3) is 0 Å². The number of hydrogen-bond donors (Lipinski definition) is 2. The number of nitrogens with zero attached hydrogens (tertiary/aromatic N) is 3. The molecule has 112 valence electrons. The first-order valence-corrected chi connectivity index (χ1v) is 6.85. The summed E-state index contributed by atoms with van der Waals surface area (Å²) in [5, 5.41) is 1.07. The standard InChI is InChI=1S/C15H19N5.ClH/c1-9(2)8-20-12(7-16)19-13-14(20)10-5-3-4-6-11(10)18-15(13)17;/h3-6,9H,7-8,16H2,1-2H3,(H2,17,18);1H. The molecule has 0 unspecified atom stereocenters. The summed E-state index contributed by atoms with van der Waals surface area (Å²) >= 11 is 0. The summed E-state index contributed by atoms with van der Waals surface area (Å²) in [6, 6.07) is 8.00. The number of nitrogen functional groups attached to an aromatic ring is 1. The van der Waals surface area contributed by atoms with Gasteiger partial charge in [0.1, 0.15) is 11.3 Å². The molecule has 0 aliphatic rings. The van der Waals surface area contributed by atoms with Gasteiger partial charge in [-0.25, -0.2) is 9.97 Å². The molecule has 0 saturated heterocycles. The van der Waals surface area contributed by atoms with Gasteiger partial charge >= 0.3 is 0 Å². The largest absolute Gasteiger partial charge is 0.382 e. The zero-order chi connectivity index (χ0) is 14.3. The molecule has 3 aromatic rings. The van der Waals surface area contributed by atoms with Gasteiger partial charge in [0.15, 0.2) is 5.82 Å². The van der Waals surface area contributed by atoms with Crippen LogP contribution in [0.5, 0.6) is 0 Å². The number of benzene rings is 1. The van der Waals surface area contributed by atoms with Crippen LogP contribution in [0, 0.1) is 5.92 Å². The molecule has 0 aliphatic carbocycles. The number of halogens is 1. The van der Waals surface area contributed by atoms with Crippen molar-refractivity contribution in [2.45, 2.75) is 26.9 Å². The van der Waals surface area contributed by atoms with Crippen molar-refractivity contribution in [3.63, 3.8) is 0 Å². The lowest BCUT2D eigenvalue weighted by Crippen LogP contribution is -2.12. The highest BCUT2D eigenvalue weighted by molar-refractivity contribution is 6.06. The van der Waals surface area contributed by atoms with Crippen molar-refractivity contribution in [2.24, 2.45) is 11.7 Å². The molecule has 0 radical (unpaired) electrons. The van der Waals surface area contributed by atoms with Gasteiger partial charge in [0, 0.05) is 11.9 Å². The molecular weight excluding hydrogens is 286 g/mol. The van der Waals surface area contributed by atoms with E-state index in [4.69, 9.17) is 11.5 Å². The van der Waals surface area contributed by atoms with Crippen molar-refractivity contribution >= 4 is 40.2 Å². The van der Waals surface area contributed by atoms with Gasteiger partial charge in [0.2, 0.25) is 0 Å². The topological polar surface area (TPSA) is 82.8 Å². The summed E-state index contributed by atoms with van der Waals surface area (Å²) in [6.45, 7) is 5.63. The predicted molar refractivity (Wildman–Crippen MR) is 89.4 cm³/mol. The van der Waals surface area contributed by atoms with E-state index in [2.05, 4.69) is 34.4 Å². The summed E-state index contributed by atoms with van der Waals surface area (Å²) in [6.07, 6.45) is 0. The molecule has 0 amide bonds. The Bertz CT molecular complexity index is 778. The van der Waals surface area contributed by atoms with E-state index in [0.29, 0.717) is 18.3 Å². The first-order chi connectivity index (χ1) is 9.61. The minimum Gasteiger partial charge on any atom is -0.382 e. The Morgan fingerprint density at radius 3 is 2.57 bits per heavy atom. The lowest BCUT2D eigenvalue weighted by molar-refractivity contribution is 0.518. The number of anilines is 1. The maximum absolute atomic E-state index is 6.06. The zero-order valence-corrected chi connectivity index (χ0v) is 13.0. The molecule has 0 saturated carbocycles. The van der Waals surface area contributed by atoms with Crippen LogP contribution in [0.3, 0.4) is 0 Å². The van der Waals surface area contributed by atoms with Gasteiger partial charge in [-0.15, -0.1) is 12.4 Å². The summed E-state index contributed by atoms with van der Waals surface area (Å²) in [4.78, 5) is 9.02. The Hall–Kier alpha value is -1.85. The van der Waals surface area contributed by atoms with E-state index in [1.54, 1.807) is 0 Å². The lowest BCUT2D eigenvalue weighted by atomic mass is 10.1. The van der Waals surface area contributed by atoms with Gasteiger partial charge in [-0.05, 0) is 12.0 Å². The molecule has 1 aromatic carbocycles. The fourth-order valence-corrected chi connectivity index (χ4v) is 2.62. The summed E-state index contributed by atoms with van der Waals surface area (Å²) in [5.41, 5.74) is 14.6. The van der Waals surface area contributed by atoms with Crippen molar-refractivity contribution in [1.82, 2.24) is 14.5 Å². The number of hydrogen-bond acceptors (Lipinski definition) is 4.